The molecular formula is C26H18N4O12S4. The van der Waals surface area contributed by atoms with Gasteiger partial charge in [0.05, 0.1) is 22.8 Å². The van der Waals surface area contributed by atoms with E-state index in [4.69, 9.17) is 0 Å². The number of nitrogens with one attached hydrogen (secondary N) is 2. The Labute approximate surface area is 259 Å². The highest BCUT2D eigenvalue weighted by molar-refractivity contribution is 7.91. The largest absolute Gasteiger partial charge is 0.355 e. The molecule has 0 fully saturated rings. The van der Waals surface area contributed by atoms with E-state index in [0.29, 0.717) is 27.9 Å². The summed E-state index contributed by atoms with van der Waals surface area (Å²) in [5.41, 5.74) is 1.16. The van der Waals surface area contributed by atoms with E-state index in [2.05, 4.69) is 19.9 Å². The molecule has 5 heterocycles. The zero-order valence-electron chi connectivity index (χ0n) is 22.5. The number of hydrogen-bond donors (Lipinski definition) is 6. The molecule has 6 rings (SSSR count). The minimum atomic E-state index is -6.12. The minimum Gasteiger partial charge on any atom is -0.355 e. The topological polar surface area (TPSA) is 275 Å². The molecule has 46 heavy (non-hydrogen) atoms. The molecule has 2 aliphatic heterocycles. The van der Waals surface area contributed by atoms with Crippen molar-refractivity contribution >= 4 is 86.8 Å². The summed E-state index contributed by atoms with van der Waals surface area (Å²) < 4.78 is 140. The van der Waals surface area contributed by atoms with Gasteiger partial charge in [-0.2, -0.15) is 33.7 Å². The Bertz CT molecular complexity index is 2690. The zero-order valence-corrected chi connectivity index (χ0v) is 25.8. The Hall–Kier alpha value is -4.54. The molecule has 0 radical (unpaired) electrons. The maximum Gasteiger partial charge on any atom is 0.297 e. The van der Waals surface area contributed by atoms with Crippen molar-refractivity contribution in [3.8, 4) is 11.1 Å². The van der Waals surface area contributed by atoms with Crippen molar-refractivity contribution in [2.75, 3.05) is 0 Å². The lowest BCUT2D eigenvalue weighted by Crippen LogP contribution is -2.19. The number of H-pyrrole nitrogens is 2. The molecule has 238 valence electrons. The van der Waals surface area contributed by atoms with Crippen molar-refractivity contribution in [1.82, 2.24) is 19.9 Å². The van der Waals surface area contributed by atoms with Gasteiger partial charge in [-0.15, -0.1) is 0 Å². The Morgan fingerprint density at radius 1 is 0.500 bits per heavy atom. The summed E-state index contributed by atoms with van der Waals surface area (Å²) in [6.07, 6.45) is 6.19. The standard InChI is InChI=1S/C26H18N4O12S4/c31-43(32,33)22-12-19(24(44(34,35)36)26(46(40,41)42)25(22)45(37,38)39)23-20-7-5-17(29-20)10-15-3-1-13(27-15)9-14-2-4-16(28-14)11-18-6-8-21(23)30-18/h1-12,27,30H,(H,31,32,33)(H,34,35,36)(H,37,38,39)(H,40,41,42). The minimum absolute atomic E-state index is 0.0874. The van der Waals surface area contributed by atoms with Crippen LogP contribution in [0.4, 0.5) is 0 Å². The van der Waals surface area contributed by atoms with Crippen LogP contribution in [0.1, 0.15) is 22.8 Å². The number of nitrogens with zero attached hydrogens (tertiary/aromatic N) is 2. The first-order chi connectivity index (χ1) is 21.3. The van der Waals surface area contributed by atoms with Crippen LogP contribution in [0.5, 0.6) is 0 Å². The van der Waals surface area contributed by atoms with Gasteiger partial charge in [0.25, 0.3) is 40.5 Å². The molecule has 20 heteroatoms. The van der Waals surface area contributed by atoms with Gasteiger partial charge >= 0.3 is 0 Å². The SMILES string of the molecule is O=S(=O)(O)c1cc(-c2c3nc(cc4ccc(cc5nc(cc6ccc2[nH]6)C=C5)[nH]4)C=C3)c(S(=O)(=O)O)c(S(=O)(=O)O)c1S(=O)(=O)O. The van der Waals surface area contributed by atoms with E-state index in [1.165, 1.54) is 24.3 Å². The summed E-state index contributed by atoms with van der Waals surface area (Å²) in [7, 11) is -23.9. The van der Waals surface area contributed by atoms with Gasteiger partial charge in [0, 0.05) is 33.2 Å². The van der Waals surface area contributed by atoms with Crippen molar-refractivity contribution in [2.24, 2.45) is 0 Å². The number of hydrogen-bond acceptors (Lipinski definition) is 10. The Morgan fingerprint density at radius 2 is 0.978 bits per heavy atom. The number of aromatic amines is 2. The molecule has 4 aromatic rings. The van der Waals surface area contributed by atoms with Gasteiger partial charge in [-0.3, -0.25) is 18.2 Å². The molecule has 0 aliphatic carbocycles. The van der Waals surface area contributed by atoms with E-state index < -0.39 is 71.2 Å². The quantitative estimate of drug-likeness (QED) is 0.140. The van der Waals surface area contributed by atoms with Crippen molar-refractivity contribution in [1.29, 1.82) is 0 Å². The van der Waals surface area contributed by atoms with Gasteiger partial charge in [0.1, 0.15) is 19.6 Å². The highest BCUT2D eigenvalue weighted by Gasteiger charge is 2.41. The van der Waals surface area contributed by atoms with Gasteiger partial charge in [-0.1, -0.05) is 0 Å². The Kier molecular flexibility index (Phi) is 7.18. The van der Waals surface area contributed by atoms with E-state index in [-0.39, 0.29) is 23.0 Å². The second-order valence-corrected chi connectivity index (χ2v) is 15.3. The van der Waals surface area contributed by atoms with Crippen molar-refractivity contribution in [2.45, 2.75) is 19.6 Å². The fourth-order valence-electron chi connectivity index (χ4n) is 5.00. The summed E-state index contributed by atoms with van der Waals surface area (Å²) >= 11 is 0. The lowest BCUT2D eigenvalue weighted by Gasteiger charge is -2.17. The highest BCUT2D eigenvalue weighted by atomic mass is 32.2. The van der Waals surface area contributed by atoms with E-state index in [0.717, 1.165) is 0 Å². The van der Waals surface area contributed by atoms with Crippen LogP contribution in [0.3, 0.4) is 0 Å². The fraction of sp³-hybridized carbons (Fsp3) is 0. The zero-order chi connectivity index (χ0) is 33.4. The van der Waals surface area contributed by atoms with Crippen LogP contribution in [0.2, 0.25) is 0 Å². The van der Waals surface area contributed by atoms with Gasteiger partial charge in [-0.25, -0.2) is 9.97 Å². The Morgan fingerprint density at radius 3 is 1.50 bits per heavy atom. The number of benzene rings is 1. The lowest BCUT2D eigenvalue weighted by atomic mass is 10.0. The van der Waals surface area contributed by atoms with Crippen LogP contribution in [0, 0.1) is 0 Å². The number of fused-ring (bicyclic) bond motifs is 8. The first-order valence-electron chi connectivity index (χ1n) is 12.5. The molecular weight excluding hydrogens is 689 g/mol. The van der Waals surface area contributed by atoms with Crippen molar-refractivity contribution < 1.29 is 51.9 Å². The van der Waals surface area contributed by atoms with E-state index in [9.17, 15) is 51.9 Å². The van der Waals surface area contributed by atoms with Crippen LogP contribution < -0.4 is 0 Å². The maximum absolute atomic E-state index is 12.8. The molecule has 0 atom stereocenters. The average molecular weight is 707 g/mol. The summed E-state index contributed by atoms with van der Waals surface area (Å²) in [5, 5.41) is 0. The molecule has 0 spiro atoms. The normalized spacial score (nSPS) is 13.7. The van der Waals surface area contributed by atoms with Crippen LogP contribution in [-0.2, 0) is 40.5 Å². The average Bonchev–Trinajstić information content (AvgIpc) is 3.72. The smallest absolute Gasteiger partial charge is 0.297 e. The molecule has 2 aliphatic rings. The van der Waals surface area contributed by atoms with Gasteiger partial charge in [-0.05, 0) is 72.8 Å². The molecule has 0 saturated heterocycles. The third kappa shape index (κ3) is 5.90. The molecule has 0 unspecified atom stereocenters. The van der Waals surface area contributed by atoms with Gasteiger partial charge in [0.15, 0.2) is 0 Å². The molecule has 8 bridgehead atoms. The molecule has 6 N–H and O–H groups in total. The number of aromatic nitrogens is 4. The lowest BCUT2D eigenvalue weighted by molar-refractivity contribution is 0.447. The highest BCUT2D eigenvalue weighted by Crippen LogP contribution is 2.43. The van der Waals surface area contributed by atoms with E-state index in [1.807, 2.05) is 0 Å². The molecule has 0 saturated carbocycles. The van der Waals surface area contributed by atoms with Gasteiger partial charge < -0.3 is 9.97 Å². The van der Waals surface area contributed by atoms with E-state index in [1.54, 1.807) is 42.5 Å². The predicted octanol–water partition coefficient (Wildman–Crippen LogP) is 3.31. The van der Waals surface area contributed by atoms with Crippen molar-refractivity contribution in [3.05, 3.63) is 71.3 Å². The maximum atomic E-state index is 12.8. The number of rotatable bonds is 5. The summed E-state index contributed by atoms with van der Waals surface area (Å²) in [5.74, 6) is 0. The van der Waals surface area contributed by atoms with Crippen LogP contribution in [0.15, 0.2) is 68.1 Å². The first kappa shape index (κ1) is 31.4. The predicted molar refractivity (Wildman–Crippen MR) is 164 cm³/mol. The second-order valence-electron chi connectivity index (χ2n) is 9.86. The Balaban J connectivity index is 1.90. The summed E-state index contributed by atoms with van der Waals surface area (Å²) in [4.78, 5) is 6.85. The third-order valence-electron chi connectivity index (χ3n) is 6.70. The molecule has 0 amide bonds. The van der Waals surface area contributed by atoms with E-state index >= 15 is 0 Å². The van der Waals surface area contributed by atoms with Crippen LogP contribution in [-0.4, -0.2) is 71.8 Å². The molecule has 3 aromatic heterocycles. The van der Waals surface area contributed by atoms with Crippen molar-refractivity contribution in [3.63, 3.8) is 0 Å². The second kappa shape index (κ2) is 10.5. The molecule has 1 aromatic carbocycles. The van der Waals surface area contributed by atoms with Crippen LogP contribution >= 0.6 is 0 Å². The van der Waals surface area contributed by atoms with Crippen LogP contribution in [0.25, 0.3) is 57.5 Å². The fourth-order valence-corrected chi connectivity index (χ4v) is 9.74. The monoisotopic (exact) mass is 706 g/mol. The molecule has 16 nitrogen and oxygen atoms in total. The van der Waals surface area contributed by atoms with Gasteiger partial charge in [0.2, 0.25) is 0 Å². The summed E-state index contributed by atoms with van der Waals surface area (Å²) in [6.45, 7) is 0. The first-order valence-corrected chi connectivity index (χ1v) is 18.2. The summed E-state index contributed by atoms with van der Waals surface area (Å²) in [6, 6.07) is 11.5. The third-order valence-corrected chi connectivity index (χ3v) is 10.8.